The lowest BCUT2D eigenvalue weighted by Gasteiger charge is -2.34. The molecule has 1 aliphatic heterocycles. The smallest absolute Gasteiger partial charge is 0.323 e. The Labute approximate surface area is 213 Å². The molecule has 0 fully saturated rings. The summed E-state index contributed by atoms with van der Waals surface area (Å²) >= 11 is 0. The summed E-state index contributed by atoms with van der Waals surface area (Å²) in [7, 11) is 0. The van der Waals surface area contributed by atoms with Gasteiger partial charge < -0.3 is 9.47 Å². The quantitative estimate of drug-likeness (QED) is 0.295. The van der Waals surface area contributed by atoms with Gasteiger partial charge in [0.2, 0.25) is 0 Å². The van der Waals surface area contributed by atoms with Crippen molar-refractivity contribution in [1.29, 1.82) is 0 Å². The van der Waals surface area contributed by atoms with E-state index in [0.717, 1.165) is 29.7 Å². The highest BCUT2D eigenvalue weighted by Crippen LogP contribution is 2.47. The van der Waals surface area contributed by atoms with Crippen LogP contribution in [-0.4, -0.2) is 12.6 Å². The summed E-state index contributed by atoms with van der Waals surface area (Å²) in [4.78, 5) is 13.2. The van der Waals surface area contributed by atoms with Gasteiger partial charge in [-0.05, 0) is 64.7 Å². The van der Waals surface area contributed by atoms with E-state index in [2.05, 4.69) is 99.6 Å². The number of esters is 1. The molecule has 1 heterocycles. The SMILES string of the molecule is CCOc1cc(C(C)(C)CC(C)(C)C)ccc1C1C(=O)Oc2ccc(C(C)(C)CC(C)(C)C)cc21. The highest BCUT2D eigenvalue weighted by molar-refractivity contribution is 5.90. The van der Waals surface area contributed by atoms with Gasteiger partial charge in [-0.25, -0.2) is 0 Å². The molecular weight excluding hydrogens is 432 g/mol. The number of carbonyl (C=O) groups excluding carboxylic acids is 1. The molecule has 0 radical (unpaired) electrons. The molecule has 1 unspecified atom stereocenters. The van der Waals surface area contributed by atoms with Crippen molar-refractivity contribution < 1.29 is 14.3 Å². The van der Waals surface area contributed by atoms with E-state index in [-0.39, 0.29) is 27.6 Å². The van der Waals surface area contributed by atoms with Crippen molar-refractivity contribution in [2.75, 3.05) is 6.61 Å². The zero-order chi connectivity index (χ0) is 26.4. The molecule has 1 atom stereocenters. The summed E-state index contributed by atoms with van der Waals surface area (Å²) in [6.07, 6.45) is 2.09. The van der Waals surface area contributed by atoms with E-state index in [1.807, 2.05) is 13.0 Å². The zero-order valence-electron chi connectivity index (χ0n) is 23.9. The van der Waals surface area contributed by atoms with E-state index in [0.29, 0.717) is 12.4 Å². The van der Waals surface area contributed by atoms with Crippen LogP contribution in [0.5, 0.6) is 11.5 Å². The normalized spacial score (nSPS) is 16.8. The molecule has 1 aliphatic rings. The zero-order valence-corrected chi connectivity index (χ0v) is 23.9. The van der Waals surface area contributed by atoms with Crippen molar-refractivity contribution in [1.82, 2.24) is 0 Å². The average Bonchev–Trinajstić information content (AvgIpc) is 2.99. The molecular formula is C32H46O3. The second kappa shape index (κ2) is 9.30. The molecule has 3 heteroatoms. The number of carbonyl (C=O) groups is 1. The summed E-state index contributed by atoms with van der Waals surface area (Å²) in [5.74, 6) is 0.737. The second-order valence-corrected chi connectivity index (χ2v) is 14.0. The van der Waals surface area contributed by atoms with Crippen LogP contribution in [0.3, 0.4) is 0 Å². The first kappa shape index (κ1) is 27.3. The first-order chi connectivity index (χ1) is 15.9. The highest BCUT2D eigenvalue weighted by Gasteiger charge is 2.39. The predicted molar refractivity (Wildman–Crippen MR) is 146 cm³/mol. The van der Waals surface area contributed by atoms with E-state index >= 15 is 0 Å². The van der Waals surface area contributed by atoms with Crippen molar-refractivity contribution in [2.45, 2.75) is 106 Å². The standard InChI is InChI=1S/C32H46O3/c1-12-34-26-18-22(32(10,11)20-30(5,6)7)13-15-23(26)27-24-17-21(14-16-25(24)35-28(27)33)31(8,9)19-29(2,3)4/h13-18,27H,12,19-20H2,1-11H3. The Morgan fingerprint density at radius 3 is 1.77 bits per heavy atom. The van der Waals surface area contributed by atoms with E-state index in [1.165, 1.54) is 11.1 Å². The molecule has 35 heavy (non-hydrogen) atoms. The maximum Gasteiger partial charge on any atom is 0.323 e. The van der Waals surface area contributed by atoms with Gasteiger partial charge in [0.1, 0.15) is 17.4 Å². The minimum Gasteiger partial charge on any atom is -0.494 e. The Morgan fingerprint density at radius 1 is 0.743 bits per heavy atom. The van der Waals surface area contributed by atoms with Gasteiger partial charge in [0.15, 0.2) is 0 Å². The summed E-state index contributed by atoms with van der Waals surface area (Å²) in [6, 6.07) is 12.7. The number of benzene rings is 2. The lowest BCUT2D eigenvalue weighted by Crippen LogP contribution is -2.25. The molecule has 0 N–H and O–H groups in total. The van der Waals surface area contributed by atoms with Crippen LogP contribution in [0.2, 0.25) is 0 Å². The van der Waals surface area contributed by atoms with Gasteiger partial charge in [-0.2, -0.15) is 0 Å². The van der Waals surface area contributed by atoms with Crippen LogP contribution < -0.4 is 9.47 Å². The Balaban J connectivity index is 2.07. The van der Waals surface area contributed by atoms with Gasteiger partial charge in [0.05, 0.1) is 6.61 Å². The predicted octanol–water partition coefficient (Wildman–Crippen LogP) is 8.56. The average molecular weight is 479 g/mol. The molecule has 0 aliphatic carbocycles. The molecule has 2 aromatic carbocycles. The van der Waals surface area contributed by atoms with Crippen molar-refractivity contribution in [2.24, 2.45) is 10.8 Å². The summed E-state index contributed by atoms with van der Waals surface area (Å²) < 4.78 is 11.9. The van der Waals surface area contributed by atoms with Crippen molar-refractivity contribution in [3.63, 3.8) is 0 Å². The van der Waals surface area contributed by atoms with Gasteiger partial charge in [-0.3, -0.25) is 4.79 Å². The van der Waals surface area contributed by atoms with Crippen molar-refractivity contribution >= 4 is 5.97 Å². The van der Waals surface area contributed by atoms with E-state index < -0.39 is 5.92 Å². The first-order valence-electron chi connectivity index (χ1n) is 13.1. The number of hydrogen-bond donors (Lipinski definition) is 0. The Kier molecular flexibility index (Phi) is 7.25. The maximum atomic E-state index is 13.2. The molecule has 0 saturated heterocycles. The van der Waals surface area contributed by atoms with E-state index in [9.17, 15) is 4.79 Å². The van der Waals surface area contributed by atoms with Crippen LogP contribution in [0.25, 0.3) is 0 Å². The topological polar surface area (TPSA) is 35.5 Å². The lowest BCUT2D eigenvalue weighted by molar-refractivity contribution is -0.133. The van der Waals surface area contributed by atoms with Crippen LogP contribution >= 0.6 is 0 Å². The number of ether oxygens (including phenoxy) is 2. The van der Waals surface area contributed by atoms with Gasteiger partial charge >= 0.3 is 5.97 Å². The molecule has 0 amide bonds. The fraction of sp³-hybridized carbons (Fsp3) is 0.594. The summed E-state index contributed by atoms with van der Waals surface area (Å²) in [5, 5.41) is 0. The lowest BCUT2D eigenvalue weighted by atomic mass is 9.71. The van der Waals surface area contributed by atoms with Crippen LogP contribution in [0, 0.1) is 10.8 Å². The Morgan fingerprint density at radius 2 is 1.26 bits per heavy atom. The molecule has 192 valence electrons. The maximum absolute atomic E-state index is 13.2. The molecule has 3 rings (SSSR count). The van der Waals surface area contributed by atoms with Crippen LogP contribution in [0.1, 0.15) is 117 Å². The Hall–Kier alpha value is -2.29. The Bertz CT molecular complexity index is 1080. The third-order valence-corrected chi connectivity index (χ3v) is 6.90. The minimum absolute atomic E-state index is 0.0130. The first-order valence-corrected chi connectivity index (χ1v) is 13.1. The number of fused-ring (bicyclic) bond motifs is 1. The largest absolute Gasteiger partial charge is 0.494 e. The fourth-order valence-corrected chi connectivity index (χ4v) is 6.21. The van der Waals surface area contributed by atoms with Crippen LogP contribution in [0.4, 0.5) is 0 Å². The fourth-order valence-electron chi connectivity index (χ4n) is 6.21. The third kappa shape index (κ3) is 6.29. The monoisotopic (exact) mass is 478 g/mol. The molecule has 3 nitrogen and oxygen atoms in total. The van der Waals surface area contributed by atoms with Gasteiger partial charge in [0.25, 0.3) is 0 Å². The summed E-state index contributed by atoms with van der Waals surface area (Å²) in [5.41, 5.74) is 4.66. The molecule has 0 bridgehead atoms. The van der Waals surface area contributed by atoms with Crippen molar-refractivity contribution in [3.8, 4) is 11.5 Å². The minimum atomic E-state index is -0.475. The molecule has 0 aromatic heterocycles. The number of rotatable bonds is 7. The van der Waals surface area contributed by atoms with Crippen molar-refractivity contribution in [3.05, 3.63) is 58.7 Å². The third-order valence-electron chi connectivity index (χ3n) is 6.90. The molecule has 0 spiro atoms. The highest BCUT2D eigenvalue weighted by atomic mass is 16.5. The van der Waals surface area contributed by atoms with Crippen LogP contribution in [0.15, 0.2) is 36.4 Å². The van der Waals surface area contributed by atoms with E-state index in [4.69, 9.17) is 9.47 Å². The number of hydrogen-bond acceptors (Lipinski definition) is 3. The van der Waals surface area contributed by atoms with Gasteiger partial charge in [0, 0.05) is 11.1 Å². The second-order valence-electron chi connectivity index (χ2n) is 14.0. The summed E-state index contributed by atoms with van der Waals surface area (Å²) in [6.45, 7) is 25.3. The van der Waals surface area contributed by atoms with Gasteiger partial charge in [-0.15, -0.1) is 0 Å². The van der Waals surface area contributed by atoms with E-state index in [1.54, 1.807) is 0 Å². The van der Waals surface area contributed by atoms with Crippen LogP contribution in [-0.2, 0) is 15.6 Å². The van der Waals surface area contributed by atoms with Gasteiger partial charge in [-0.1, -0.05) is 93.5 Å². The molecule has 0 saturated carbocycles. The molecule has 2 aromatic rings.